The lowest BCUT2D eigenvalue weighted by molar-refractivity contribution is 0.198. The van der Waals surface area contributed by atoms with E-state index in [1.165, 1.54) is 22.4 Å². The molecular weight excluding hydrogens is 428 g/mol. The van der Waals surface area contributed by atoms with E-state index in [4.69, 9.17) is 30.3 Å². The average Bonchev–Trinajstić information content (AvgIpc) is 2.62. The van der Waals surface area contributed by atoms with E-state index >= 15 is 0 Å². The minimum Gasteiger partial charge on any atom is -0.356 e. The molecule has 1 rings (SSSR count). The van der Waals surface area contributed by atoms with Crippen molar-refractivity contribution < 1.29 is 27.2 Å². The first-order chi connectivity index (χ1) is 13.1. The Balaban J connectivity index is 3.64. The van der Waals surface area contributed by atoms with Crippen molar-refractivity contribution in [1.29, 1.82) is 0 Å². The first kappa shape index (κ1) is 25.2. The number of hydrogen-bond acceptors (Lipinski definition) is 9. The van der Waals surface area contributed by atoms with Crippen molar-refractivity contribution in [3.8, 4) is 0 Å². The van der Waals surface area contributed by atoms with Crippen LogP contribution in [0.3, 0.4) is 0 Å². The van der Waals surface area contributed by atoms with E-state index in [1.807, 2.05) is 0 Å². The summed E-state index contributed by atoms with van der Waals surface area (Å²) in [5.74, 6) is 0. The Morgan fingerprint density at radius 3 is 1.71 bits per heavy atom. The summed E-state index contributed by atoms with van der Waals surface area (Å²) in [5, 5.41) is 2.75. The number of anilines is 1. The van der Waals surface area contributed by atoms with Crippen molar-refractivity contribution in [1.82, 2.24) is 9.13 Å². The van der Waals surface area contributed by atoms with Gasteiger partial charge in [0, 0.05) is 20.3 Å². The average molecular weight is 457 g/mol. The fraction of sp³-hybridized carbons (Fsp3) is 0.733. The van der Waals surface area contributed by atoms with E-state index in [-0.39, 0.29) is 36.9 Å². The van der Waals surface area contributed by atoms with Crippen LogP contribution in [-0.4, -0.2) is 41.1 Å². The van der Waals surface area contributed by atoms with Crippen LogP contribution >= 0.6 is 27.4 Å². The summed E-state index contributed by atoms with van der Waals surface area (Å²) in [6.45, 7) is 6.63. The van der Waals surface area contributed by atoms with E-state index in [1.54, 1.807) is 34.7 Å². The molecule has 0 saturated heterocycles. The van der Waals surface area contributed by atoms with Gasteiger partial charge in [-0.25, -0.2) is 0 Å². The van der Waals surface area contributed by atoms with Gasteiger partial charge in [-0.2, -0.15) is 0 Å². The molecule has 0 saturated carbocycles. The highest BCUT2D eigenvalue weighted by Crippen LogP contribution is 2.69. The number of hydrogen-bond donors (Lipinski definition) is 1. The van der Waals surface area contributed by atoms with Crippen molar-refractivity contribution in [2.24, 2.45) is 14.1 Å². The van der Waals surface area contributed by atoms with Gasteiger partial charge in [0.05, 0.1) is 26.4 Å². The molecule has 1 heterocycles. The van der Waals surface area contributed by atoms with Crippen molar-refractivity contribution in [3.05, 3.63) is 21.3 Å². The largest absolute Gasteiger partial charge is 0.365 e. The van der Waals surface area contributed by atoms with E-state index in [2.05, 4.69) is 5.32 Å². The molecule has 0 aliphatic heterocycles. The molecule has 28 heavy (non-hydrogen) atoms. The summed E-state index contributed by atoms with van der Waals surface area (Å²) in [4.78, 5) is 12.6. The quantitative estimate of drug-likeness (QED) is 0.371. The lowest BCUT2D eigenvalue weighted by atomic mass is 10.5. The van der Waals surface area contributed by atoms with Crippen LogP contribution in [0.15, 0.2) is 11.0 Å². The number of nitrogens with one attached hydrogen (secondary N) is 1. The third-order valence-corrected chi connectivity index (χ3v) is 9.75. The van der Waals surface area contributed by atoms with Gasteiger partial charge in [0.15, 0.2) is 4.77 Å². The van der Waals surface area contributed by atoms with Crippen molar-refractivity contribution in [3.63, 3.8) is 0 Å². The molecule has 13 heteroatoms. The van der Waals surface area contributed by atoms with Crippen LogP contribution < -0.4 is 10.9 Å². The third-order valence-electron chi connectivity index (χ3n) is 3.57. The topological polar surface area (TPSA) is 110 Å². The second kappa shape index (κ2) is 10.8. The normalized spacial score (nSPS) is 12.5. The SMILES string of the molecule is CCOP(=O)(OCC)C(Nc1cn(C)c(=S)n(C)c1=O)P(=O)(OCC)OCC. The molecular formula is C15H29N3O7P2S. The molecule has 0 bridgehead atoms. The Bertz CT molecular complexity index is 820. The van der Waals surface area contributed by atoms with Gasteiger partial charge in [-0.1, -0.05) is 0 Å². The molecule has 0 aromatic carbocycles. The fourth-order valence-electron chi connectivity index (χ4n) is 2.45. The summed E-state index contributed by atoms with van der Waals surface area (Å²) in [6, 6.07) is 0. The first-order valence-electron chi connectivity index (χ1n) is 8.90. The zero-order valence-corrected chi connectivity index (χ0v) is 19.6. The Morgan fingerprint density at radius 2 is 1.36 bits per heavy atom. The lowest BCUT2D eigenvalue weighted by Gasteiger charge is -2.32. The van der Waals surface area contributed by atoms with Gasteiger partial charge in [-0.3, -0.25) is 18.5 Å². The highest BCUT2D eigenvalue weighted by molar-refractivity contribution is 7.73. The van der Waals surface area contributed by atoms with Crippen molar-refractivity contribution in [2.75, 3.05) is 31.7 Å². The van der Waals surface area contributed by atoms with Crippen LogP contribution in [0.5, 0.6) is 0 Å². The predicted molar refractivity (Wildman–Crippen MR) is 111 cm³/mol. The molecule has 0 aliphatic rings. The summed E-state index contributed by atoms with van der Waals surface area (Å²) < 4.78 is 51.5. The van der Waals surface area contributed by atoms with Crippen LogP contribution in [0.1, 0.15) is 27.7 Å². The summed E-state index contributed by atoms with van der Waals surface area (Å²) >= 11 is 5.16. The summed E-state index contributed by atoms with van der Waals surface area (Å²) in [7, 11) is -4.94. The van der Waals surface area contributed by atoms with E-state index in [0.29, 0.717) is 0 Å². The fourth-order valence-corrected chi connectivity index (χ4v) is 7.52. The maximum absolute atomic E-state index is 13.5. The van der Waals surface area contributed by atoms with Crippen LogP contribution in [0.2, 0.25) is 0 Å². The molecule has 1 aromatic heterocycles. The van der Waals surface area contributed by atoms with Gasteiger partial charge in [-0.05, 0) is 39.9 Å². The zero-order chi connectivity index (χ0) is 21.5. The molecule has 0 unspecified atom stereocenters. The van der Waals surface area contributed by atoms with Crippen LogP contribution in [-0.2, 0) is 41.3 Å². The van der Waals surface area contributed by atoms with Gasteiger partial charge >= 0.3 is 15.2 Å². The number of aryl methyl sites for hydroxylation is 1. The minimum absolute atomic E-state index is 0.00265. The summed E-state index contributed by atoms with van der Waals surface area (Å²) in [5.41, 5.74) is -2.03. The van der Waals surface area contributed by atoms with E-state index in [9.17, 15) is 13.9 Å². The molecule has 0 atom stereocenters. The van der Waals surface area contributed by atoms with Gasteiger partial charge in [0.25, 0.3) is 5.56 Å². The highest BCUT2D eigenvalue weighted by Gasteiger charge is 2.51. The second-order valence-corrected chi connectivity index (χ2v) is 10.6. The van der Waals surface area contributed by atoms with Gasteiger partial charge in [0.2, 0.25) is 5.52 Å². The van der Waals surface area contributed by atoms with Crippen molar-refractivity contribution >= 4 is 33.1 Å². The third kappa shape index (κ3) is 5.63. The van der Waals surface area contributed by atoms with E-state index < -0.39 is 26.3 Å². The number of nitrogens with zero attached hydrogens (tertiary/aromatic N) is 2. The molecule has 0 amide bonds. The molecule has 162 valence electrons. The highest BCUT2D eigenvalue weighted by atomic mass is 32.1. The first-order valence-corrected chi connectivity index (χ1v) is 12.5. The summed E-state index contributed by atoms with van der Waals surface area (Å²) in [6.07, 6.45) is 1.42. The minimum atomic E-state index is -4.05. The Labute approximate surface area is 170 Å². The molecule has 0 aliphatic carbocycles. The number of aromatic nitrogens is 2. The lowest BCUT2D eigenvalue weighted by Crippen LogP contribution is -2.31. The molecule has 1 N–H and O–H groups in total. The number of rotatable bonds is 12. The molecule has 0 fully saturated rings. The monoisotopic (exact) mass is 457 g/mol. The molecule has 0 spiro atoms. The zero-order valence-electron chi connectivity index (χ0n) is 17.0. The molecule has 1 aromatic rings. The molecule has 0 radical (unpaired) electrons. The Kier molecular flexibility index (Phi) is 9.76. The van der Waals surface area contributed by atoms with E-state index in [0.717, 1.165) is 0 Å². The second-order valence-electron chi connectivity index (χ2n) is 5.57. The predicted octanol–water partition coefficient (Wildman–Crippen LogP) is 3.68. The maximum atomic E-state index is 13.5. The maximum Gasteiger partial charge on any atom is 0.365 e. The van der Waals surface area contributed by atoms with Crippen LogP contribution in [0.25, 0.3) is 0 Å². The smallest absolute Gasteiger partial charge is 0.356 e. The van der Waals surface area contributed by atoms with Gasteiger partial charge in [0.1, 0.15) is 5.69 Å². The van der Waals surface area contributed by atoms with Gasteiger partial charge < -0.3 is 28.0 Å². The Morgan fingerprint density at radius 1 is 0.964 bits per heavy atom. The standard InChI is InChI=1S/C15H29N3O7P2S/c1-7-22-26(20,23-8-2)14(27(21,24-9-3)25-10-4)16-12-11-17(5)15(28)18(6)13(12)19/h11,14,16H,7-10H2,1-6H3. The Hall–Kier alpha value is -0.800. The van der Waals surface area contributed by atoms with Crippen molar-refractivity contribution in [2.45, 2.75) is 33.2 Å². The van der Waals surface area contributed by atoms with Crippen LogP contribution in [0.4, 0.5) is 5.69 Å². The van der Waals surface area contributed by atoms with Crippen LogP contribution in [0, 0.1) is 4.77 Å². The molecule has 10 nitrogen and oxygen atoms in total. The van der Waals surface area contributed by atoms with Gasteiger partial charge in [-0.15, -0.1) is 0 Å².